The van der Waals surface area contributed by atoms with E-state index in [-0.39, 0.29) is 40.0 Å². The molecule has 0 aromatic carbocycles. The summed E-state index contributed by atoms with van der Waals surface area (Å²) in [5.41, 5.74) is 1.02. The van der Waals surface area contributed by atoms with Crippen LogP contribution in [0.5, 0.6) is 0 Å². The van der Waals surface area contributed by atoms with Gasteiger partial charge in [-0.1, -0.05) is 26.3 Å². The van der Waals surface area contributed by atoms with Crippen LogP contribution in [0.3, 0.4) is 0 Å². The van der Waals surface area contributed by atoms with Crippen molar-refractivity contribution in [2.45, 2.75) is 71.3 Å². The Balaban J connectivity index is 1.48. The number of hydrogen-bond donors (Lipinski definition) is 0. The molecule has 4 heteroatoms. The van der Waals surface area contributed by atoms with E-state index in [0.29, 0.717) is 42.4 Å². The lowest BCUT2D eigenvalue weighted by molar-refractivity contribution is -0.180. The molecule has 3 unspecified atom stereocenters. The molecule has 0 N–H and O–H groups in total. The summed E-state index contributed by atoms with van der Waals surface area (Å²) in [4.78, 5) is 24.4. The molecule has 6 rings (SSSR count). The standard InChI is InChI=1S/C25H31NO3/c1-13-16(12-26)21-17(23(2)7-4-14(27)10-18(13)23)5-8-24(3)22(21)15-11-19(15)25(24)9-6-20(28)29-25/h10,13,15-17,19,21-22H,4-9,11H2,1-3H3/t13-,15+,16+,17?,19-,21?,22?,23+,24-,25+/m0/s1. The molecule has 29 heavy (non-hydrogen) atoms. The minimum absolute atomic E-state index is 0.00476. The molecule has 0 radical (unpaired) electrons. The highest BCUT2D eigenvalue weighted by Crippen LogP contribution is 2.80. The van der Waals surface area contributed by atoms with Crippen molar-refractivity contribution in [3.8, 4) is 6.07 Å². The quantitative estimate of drug-likeness (QED) is 0.571. The van der Waals surface area contributed by atoms with E-state index in [1.807, 2.05) is 6.08 Å². The van der Waals surface area contributed by atoms with Gasteiger partial charge in [0.2, 0.25) is 0 Å². The first-order chi connectivity index (χ1) is 13.8. The number of allylic oxidation sites excluding steroid dienone is 1. The molecule has 0 amide bonds. The van der Waals surface area contributed by atoms with E-state index < -0.39 is 0 Å². The minimum atomic E-state index is -0.271. The molecular weight excluding hydrogens is 362 g/mol. The van der Waals surface area contributed by atoms with Gasteiger partial charge in [-0.15, -0.1) is 0 Å². The molecule has 0 aromatic rings. The monoisotopic (exact) mass is 393 g/mol. The third-order valence-electron chi connectivity index (χ3n) is 10.7. The second-order valence-electron chi connectivity index (χ2n) is 11.5. The van der Waals surface area contributed by atoms with Crippen molar-refractivity contribution >= 4 is 11.8 Å². The predicted molar refractivity (Wildman–Crippen MR) is 106 cm³/mol. The molecule has 5 aliphatic carbocycles. The third kappa shape index (κ3) is 1.92. The third-order valence-corrected chi connectivity index (χ3v) is 10.7. The first-order valence-electron chi connectivity index (χ1n) is 11.6. The molecule has 1 spiro atoms. The zero-order valence-corrected chi connectivity index (χ0v) is 17.7. The van der Waals surface area contributed by atoms with Crippen molar-refractivity contribution in [3.05, 3.63) is 11.6 Å². The van der Waals surface area contributed by atoms with Gasteiger partial charge in [-0.3, -0.25) is 9.59 Å². The molecule has 6 aliphatic rings. The average Bonchev–Trinajstić information content (AvgIpc) is 3.32. The van der Waals surface area contributed by atoms with Crippen LogP contribution in [0.1, 0.15) is 65.7 Å². The van der Waals surface area contributed by atoms with Crippen LogP contribution >= 0.6 is 0 Å². The Morgan fingerprint density at radius 2 is 1.93 bits per heavy atom. The molecule has 5 fully saturated rings. The van der Waals surface area contributed by atoms with E-state index in [9.17, 15) is 14.9 Å². The van der Waals surface area contributed by atoms with Crippen LogP contribution in [-0.4, -0.2) is 17.4 Å². The Labute approximate surface area is 173 Å². The Morgan fingerprint density at radius 1 is 1.14 bits per heavy atom. The zero-order valence-electron chi connectivity index (χ0n) is 17.7. The fraction of sp³-hybridized carbons (Fsp3) is 0.800. The van der Waals surface area contributed by atoms with Gasteiger partial charge in [0.25, 0.3) is 0 Å². The topological polar surface area (TPSA) is 67.2 Å². The number of ether oxygens (including phenoxy) is 1. The Bertz CT molecular complexity index is 900. The first-order valence-corrected chi connectivity index (χ1v) is 11.6. The Morgan fingerprint density at radius 3 is 2.62 bits per heavy atom. The van der Waals surface area contributed by atoms with Gasteiger partial charge in [0, 0.05) is 24.2 Å². The number of nitrogens with zero attached hydrogens (tertiary/aromatic N) is 1. The van der Waals surface area contributed by atoms with Crippen molar-refractivity contribution in [3.63, 3.8) is 0 Å². The number of ketones is 1. The van der Waals surface area contributed by atoms with Gasteiger partial charge < -0.3 is 4.74 Å². The molecule has 0 bridgehead atoms. The van der Waals surface area contributed by atoms with Crippen molar-refractivity contribution < 1.29 is 14.3 Å². The van der Waals surface area contributed by atoms with Gasteiger partial charge in [0.05, 0.1) is 12.0 Å². The van der Waals surface area contributed by atoms with Gasteiger partial charge in [-0.25, -0.2) is 0 Å². The van der Waals surface area contributed by atoms with Crippen molar-refractivity contribution in [1.82, 2.24) is 0 Å². The van der Waals surface area contributed by atoms with Crippen molar-refractivity contribution in [2.75, 3.05) is 0 Å². The summed E-state index contributed by atoms with van der Waals surface area (Å²) in [5, 5.41) is 10.3. The van der Waals surface area contributed by atoms with Crippen LogP contribution in [0.25, 0.3) is 0 Å². The van der Waals surface area contributed by atoms with Crippen LogP contribution in [-0.2, 0) is 14.3 Å². The van der Waals surface area contributed by atoms with Crippen LogP contribution in [0.4, 0.5) is 0 Å². The van der Waals surface area contributed by atoms with E-state index in [0.717, 1.165) is 25.7 Å². The number of hydrogen-bond acceptors (Lipinski definition) is 4. The molecule has 154 valence electrons. The number of carbonyl (C=O) groups excluding carboxylic acids is 2. The molecule has 1 aliphatic heterocycles. The summed E-state index contributed by atoms with van der Waals surface area (Å²) in [6, 6.07) is 2.71. The number of carbonyl (C=O) groups is 2. The molecule has 4 saturated carbocycles. The lowest BCUT2D eigenvalue weighted by atomic mass is 9.41. The molecule has 0 aromatic heterocycles. The van der Waals surface area contributed by atoms with E-state index in [1.54, 1.807) is 0 Å². The van der Waals surface area contributed by atoms with E-state index in [4.69, 9.17) is 4.74 Å². The second-order valence-corrected chi connectivity index (χ2v) is 11.5. The molecule has 1 heterocycles. The second kappa shape index (κ2) is 5.34. The lowest BCUT2D eigenvalue weighted by Crippen LogP contribution is -2.60. The largest absolute Gasteiger partial charge is 0.458 e. The first kappa shape index (κ1) is 18.2. The Kier molecular flexibility index (Phi) is 3.35. The minimum Gasteiger partial charge on any atom is -0.458 e. The summed E-state index contributed by atoms with van der Waals surface area (Å²) >= 11 is 0. The van der Waals surface area contributed by atoms with Crippen LogP contribution in [0.2, 0.25) is 0 Å². The fourth-order valence-corrected chi connectivity index (χ4v) is 9.50. The highest BCUT2D eigenvalue weighted by Gasteiger charge is 2.80. The van der Waals surface area contributed by atoms with Gasteiger partial charge in [-0.2, -0.15) is 5.26 Å². The highest BCUT2D eigenvalue weighted by atomic mass is 16.6. The van der Waals surface area contributed by atoms with Crippen molar-refractivity contribution in [2.24, 2.45) is 52.3 Å². The number of esters is 1. The average molecular weight is 394 g/mol. The van der Waals surface area contributed by atoms with E-state index in [1.165, 1.54) is 12.0 Å². The van der Waals surface area contributed by atoms with Gasteiger partial charge >= 0.3 is 5.97 Å². The predicted octanol–water partition coefficient (Wildman–Crippen LogP) is 4.45. The highest BCUT2D eigenvalue weighted by molar-refractivity contribution is 5.91. The maximum absolute atomic E-state index is 12.2. The summed E-state index contributed by atoms with van der Waals surface area (Å²) < 4.78 is 6.18. The maximum atomic E-state index is 12.2. The molecule has 4 nitrogen and oxygen atoms in total. The molecule has 1 saturated heterocycles. The number of nitriles is 1. The summed E-state index contributed by atoms with van der Waals surface area (Å²) in [6.07, 6.45) is 8.25. The zero-order chi connectivity index (χ0) is 20.3. The summed E-state index contributed by atoms with van der Waals surface area (Å²) in [5.74, 6) is 2.74. The number of rotatable bonds is 0. The normalized spacial score (nSPS) is 57.2. The van der Waals surface area contributed by atoms with Crippen molar-refractivity contribution in [1.29, 1.82) is 5.26 Å². The van der Waals surface area contributed by atoms with Crippen LogP contribution in [0.15, 0.2) is 11.6 Å². The fourth-order valence-electron chi connectivity index (χ4n) is 9.50. The summed E-state index contributed by atoms with van der Waals surface area (Å²) in [7, 11) is 0. The lowest BCUT2D eigenvalue weighted by Gasteiger charge is -2.62. The molecular formula is C25H31NO3. The van der Waals surface area contributed by atoms with Gasteiger partial charge in [0.1, 0.15) is 5.60 Å². The SMILES string of the molecule is C[C@@H]1C2=CC(=O)CC[C@]2(C)C2CC[C@@]3(C)C(C2[C@@H]1C#N)[C@@H]1C[C@@H]1[C@]31CCC(=O)O1. The van der Waals surface area contributed by atoms with E-state index >= 15 is 0 Å². The number of fused-ring (bicyclic) bond motifs is 9. The smallest absolute Gasteiger partial charge is 0.306 e. The van der Waals surface area contributed by atoms with E-state index in [2.05, 4.69) is 26.8 Å². The maximum Gasteiger partial charge on any atom is 0.306 e. The van der Waals surface area contributed by atoms with Gasteiger partial charge in [0.15, 0.2) is 5.78 Å². The molecule has 10 atom stereocenters. The van der Waals surface area contributed by atoms with Crippen LogP contribution in [0, 0.1) is 63.6 Å². The van der Waals surface area contributed by atoms with Gasteiger partial charge in [-0.05, 0) is 73.2 Å². The van der Waals surface area contributed by atoms with Crippen LogP contribution < -0.4 is 0 Å². The Hall–Kier alpha value is -1.63. The summed E-state index contributed by atoms with van der Waals surface area (Å²) in [6.45, 7) is 6.94.